The van der Waals surface area contributed by atoms with Crippen LogP contribution in [-0.2, 0) is 15.6 Å². The van der Waals surface area contributed by atoms with Crippen molar-refractivity contribution in [1.29, 1.82) is 0 Å². The van der Waals surface area contributed by atoms with Gasteiger partial charge in [-0.1, -0.05) is 59.7 Å². The molecule has 0 aliphatic heterocycles. The van der Waals surface area contributed by atoms with E-state index in [9.17, 15) is 18.5 Å². The van der Waals surface area contributed by atoms with Crippen LogP contribution in [0.3, 0.4) is 0 Å². The van der Waals surface area contributed by atoms with Gasteiger partial charge in [0, 0.05) is 22.6 Å². The van der Waals surface area contributed by atoms with E-state index in [2.05, 4.69) is 10.0 Å². The fourth-order valence-corrected chi connectivity index (χ4v) is 4.62. The summed E-state index contributed by atoms with van der Waals surface area (Å²) in [6.07, 6.45) is 3.09. The molecule has 0 spiro atoms. The van der Waals surface area contributed by atoms with Crippen molar-refractivity contribution < 1.29 is 18.1 Å². The SMILES string of the molecule is COc1ccc(/C=C/c2c(N=[N+]=[N-])cc([N+](=O)[O-])cc2S(=O)(=O)Cc2ccccc2)cc1. The number of nitro benzene ring substituents is 1. The molecule has 0 heterocycles. The van der Waals surface area contributed by atoms with Crippen LogP contribution in [0.15, 0.2) is 76.7 Å². The van der Waals surface area contributed by atoms with Crippen LogP contribution in [0.5, 0.6) is 5.75 Å². The average molecular weight is 450 g/mol. The minimum atomic E-state index is -4.01. The Bertz CT molecular complexity index is 1310. The molecule has 0 N–H and O–H groups in total. The molecule has 10 heteroatoms. The van der Waals surface area contributed by atoms with Crippen LogP contribution in [-0.4, -0.2) is 20.5 Å². The third-order valence-corrected chi connectivity index (χ3v) is 6.28. The summed E-state index contributed by atoms with van der Waals surface area (Å²) in [5, 5.41) is 14.9. The van der Waals surface area contributed by atoms with E-state index < -0.39 is 20.4 Å². The van der Waals surface area contributed by atoms with E-state index in [0.717, 1.165) is 17.7 Å². The largest absolute Gasteiger partial charge is 0.497 e. The molecule has 0 atom stereocenters. The van der Waals surface area contributed by atoms with Gasteiger partial charge >= 0.3 is 0 Å². The van der Waals surface area contributed by atoms with Crippen LogP contribution >= 0.6 is 0 Å². The van der Waals surface area contributed by atoms with Crippen LogP contribution in [0.1, 0.15) is 16.7 Å². The molecule has 32 heavy (non-hydrogen) atoms. The number of rotatable bonds is 8. The van der Waals surface area contributed by atoms with Crippen molar-refractivity contribution in [3.05, 3.63) is 104 Å². The summed E-state index contributed by atoms with van der Waals surface area (Å²) < 4.78 is 31.6. The van der Waals surface area contributed by atoms with Gasteiger partial charge in [-0.25, -0.2) is 8.42 Å². The maximum Gasteiger partial charge on any atom is 0.271 e. The van der Waals surface area contributed by atoms with Crippen molar-refractivity contribution in [2.75, 3.05) is 7.11 Å². The molecule has 0 aromatic heterocycles. The Morgan fingerprint density at radius 2 is 1.78 bits per heavy atom. The lowest BCUT2D eigenvalue weighted by atomic mass is 10.1. The predicted octanol–water partition coefficient (Wildman–Crippen LogP) is 5.69. The van der Waals surface area contributed by atoms with Crippen molar-refractivity contribution in [2.45, 2.75) is 10.6 Å². The number of ether oxygens (including phenoxy) is 1. The van der Waals surface area contributed by atoms with Gasteiger partial charge in [-0.3, -0.25) is 10.1 Å². The quantitative estimate of drug-likeness (QED) is 0.108. The predicted molar refractivity (Wildman–Crippen MR) is 121 cm³/mol. The molecule has 0 radical (unpaired) electrons. The van der Waals surface area contributed by atoms with Gasteiger partial charge in [0.25, 0.3) is 5.69 Å². The third-order valence-electron chi connectivity index (χ3n) is 4.56. The summed E-state index contributed by atoms with van der Waals surface area (Å²) in [5.41, 5.74) is 9.62. The van der Waals surface area contributed by atoms with Crippen LogP contribution in [0, 0.1) is 10.1 Å². The molecule has 3 aromatic rings. The normalized spacial score (nSPS) is 11.2. The van der Waals surface area contributed by atoms with E-state index in [1.54, 1.807) is 60.7 Å². The Labute approximate surface area is 184 Å². The Kier molecular flexibility index (Phi) is 6.89. The van der Waals surface area contributed by atoms with Gasteiger partial charge in [-0.2, -0.15) is 0 Å². The van der Waals surface area contributed by atoms with Gasteiger partial charge in [0.1, 0.15) is 5.75 Å². The van der Waals surface area contributed by atoms with Crippen molar-refractivity contribution >= 4 is 33.4 Å². The zero-order valence-electron chi connectivity index (χ0n) is 17.0. The minimum Gasteiger partial charge on any atom is -0.497 e. The summed E-state index contributed by atoms with van der Waals surface area (Å²) in [4.78, 5) is 13.1. The molecule has 0 aliphatic rings. The number of methoxy groups -OCH3 is 1. The van der Waals surface area contributed by atoms with Crippen LogP contribution in [0.2, 0.25) is 0 Å². The number of non-ortho nitro benzene ring substituents is 1. The highest BCUT2D eigenvalue weighted by Gasteiger charge is 2.24. The number of benzene rings is 3. The third kappa shape index (κ3) is 5.31. The van der Waals surface area contributed by atoms with Gasteiger partial charge in [0.15, 0.2) is 9.84 Å². The Hall–Kier alpha value is -4.14. The maximum absolute atomic E-state index is 13.2. The molecule has 0 unspecified atom stereocenters. The van der Waals surface area contributed by atoms with Crippen molar-refractivity contribution in [1.82, 2.24) is 0 Å². The van der Waals surface area contributed by atoms with Crippen molar-refractivity contribution in [3.63, 3.8) is 0 Å². The highest BCUT2D eigenvalue weighted by atomic mass is 32.2. The van der Waals surface area contributed by atoms with E-state index in [1.807, 2.05) is 0 Å². The Morgan fingerprint density at radius 1 is 1.09 bits per heavy atom. The number of nitro groups is 1. The molecule has 0 amide bonds. The van der Waals surface area contributed by atoms with Crippen molar-refractivity contribution in [3.8, 4) is 5.75 Å². The van der Waals surface area contributed by atoms with Gasteiger partial charge < -0.3 is 4.74 Å². The van der Waals surface area contributed by atoms with Gasteiger partial charge in [0.2, 0.25) is 0 Å². The molecule has 0 saturated carbocycles. The second-order valence-corrected chi connectivity index (χ2v) is 8.63. The molecule has 3 aromatic carbocycles. The molecule has 0 fully saturated rings. The van der Waals surface area contributed by atoms with E-state index >= 15 is 0 Å². The van der Waals surface area contributed by atoms with Gasteiger partial charge in [-0.05, 0) is 28.8 Å². The lowest BCUT2D eigenvalue weighted by molar-refractivity contribution is -0.385. The first-order valence-electron chi connectivity index (χ1n) is 9.30. The Balaban J connectivity index is 2.17. The first-order chi connectivity index (χ1) is 15.3. The summed E-state index contributed by atoms with van der Waals surface area (Å²) in [6, 6.07) is 17.5. The van der Waals surface area contributed by atoms with Crippen molar-refractivity contribution in [2.24, 2.45) is 5.11 Å². The van der Waals surface area contributed by atoms with Gasteiger partial charge in [0.05, 0.1) is 28.4 Å². The van der Waals surface area contributed by atoms with E-state index in [0.29, 0.717) is 11.3 Å². The second kappa shape index (κ2) is 9.78. The zero-order valence-corrected chi connectivity index (χ0v) is 17.8. The lowest BCUT2D eigenvalue weighted by Gasteiger charge is -2.11. The summed E-state index contributed by atoms with van der Waals surface area (Å²) in [5.74, 6) is 0.284. The fraction of sp³-hybridized carbons (Fsp3) is 0.0909. The monoisotopic (exact) mass is 450 g/mol. The minimum absolute atomic E-state index is 0.0696. The molecular weight excluding hydrogens is 432 g/mol. The molecule has 0 saturated heterocycles. The number of azide groups is 1. The highest BCUT2D eigenvalue weighted by Crippen LogP contribution is 2.35. The van der Waals surface area contributed by atoms with E-state index in [4.69, 9.17) is 10.3 Å². The van der Waals surface area contributed by atoms with Crippen LogP contribution < -0.4 is 4.74 Å². The van der Waals surface area contributed by atoms with Crippen LogP contribution in [0.4, 0.5) is 11.4 Å². The lowest BCUT2D eigenvalue weighted by Crippen LogP contribution is -2.08. The fourth-order valence-electron chi connectivity index (χ4n) is 3.02. The Morgan fingerprint density at radius 3 is 2.38 bits per heavy atom. The first kappa shape index (κ1) is 22.5. The summed E-state index contributed by atoms with van der Waals surface area (Å²) in [7, 11) is -2.48. The number of sulfone groups is 1. The van der Waals surface area contributed by atoms with Crippen LogP contribution in [0.25, 0.3) is 22.6 Å². The van der Waals surface area contributed by atoms with Gasteiger partial charge in [-0.15, -0.1) is 0 Å². The average Bonchev–Trinajstić information content (AvgIpc) is 2.78. The topological polar surface area (TPSA) is 135 Å². The summed E-state index contributed by atoms with van der Waals surface area (Å²) in [6.45, 7) is 0. The number of hydrogen-bond acceptors (Lipinski definition) is 6. The highest BCUT2D eigenvalue weighted by molar-refractivity contribution is 7.90. The molecule has 0 aliphatic carbocycles. The standard InChI is InChI=1S/C22H18N4O5S/c1-31-19-10-7-16(8-11-19)9-12-20-21(24-25-23)13-18(26(27)28)14-22(20)32(29,30)15-17-5-3-2-4-6-17/h2-14H,15H2,1H3/b12-9+. The molecule has 0 bridgehead atoms. The molecule has 3 rings (SSSR count). The molecular formula is C22H18N4O5S. The van der Waals surface area contributed by atoms with E-state index in [-0.39, 0.29) is 21.9 Å². The first-order valence-corrected chi connectivity index (χ1v) is 11.0. The second-order valence-electron chi connectivity index (χ2n) is 6.67. The van der Waals surface area contributed by atoms with E-state index in [1.165, 1.54) is 13.2 Å². The molecule has 9 nitrogen and oxygen atoms in total. The number of nitrogens with zero attached hydrogens (tertiary/aromatic N) is 4. The molecule has 162 valence electrons. The smallest absolute Gasteiger partial charge is 0.271 e. The maximum atomic E-state index is 13.2. The summed E-state index contributed by atoms with van der Waals surface area (Å²) >= 11 is 0. The zero-order chi connectivity index (χ0) is 23.1. The number of hydrogen-bond donors (Lipinski definition) is 0.